The Morgan fingerprint density at radius 3 is 2.63 bits per heavy atom. The van der Waals surface area contributed by atoms with Crippen molar-refractivity contribution in [1.29, 1.82) is 0 Å². The number of benzene rings is 1. The van der Waals surface area contributed by atoms with Crippen molar-refractivity contribution in [2.75, 3.05) is 12.4 Å². The van der Waals surface area contributed by atoms with E-state index in [-0.39, 0.29) is 5.91 Å². The minimum absolute atomic E-state index is 0.247. The van der Waals surface area contributed by atoms with E-state index < -0.39 is 5.97 Å². The zero-order chi connectivity index (χ0) is 14.3. The summed E-state index contributed by atoms with van der Waals surface area (Å²) in [6.07, 6.45) is 6.66. The summed E-state index contributed by atoms with van der Waals surface area (Å²) in [5.41, 5.74) is 1.87. The second kappa shape index (κ2) is 7.16. The molecule has 0 atom stereocenters. The molecule has 0 aliphatic rings. The number of allylic oxidation sites excluding steroid dienone is 3. The third-order valence-corrected chi connectivity index (χ3v) is 2.47. The number of hydrogen-bond donors (Lipinski definition) is 1. The molecule has 1 amide bonds. The zero-order valence-electron chi connectivity index (χ0n) is 11.3. The summed E-state index contributed by atoms with van der Waals surface area (Å²) >= 11 is 0. The van der Waals surface area contributed by atoms with E-state index in [0.29, 0.717) is 11.3 Å². The summed E-state index contributed by atoms with van der Waals surface area (Å²) in [7, 11) is 1.32. The summed E-state index contributed by atoms with van der Waals surface area (Å²) in [6, 6.07) is 5.02. The standard InChI is InChI=1S/C15H17NO3/c1-4-5-6-7-14(17)16-13-10-12(15(18)19-3)9-8-11(13)2/h4-10H,1-3H3,(H,16,17)/b5-4+,7-6+. The van der Waals surface area contributed by atoms with E-state index in [2.05, 4.69) is 10.1 Å². The number of nitrogens with one attached hydrogen (secondary N) is 1. The number of esters is 1. The fourth-order valence-corrected chi connectivity index (χ4v) is 1.43. The molecule has 0 bridgehead atoms. The first kappa shape index (κ1) is 14.7. The van der Waals surface area contributed by atoms with Gasteiger partial charge in [0, 0.05) is 11.8 Å². The van der Waals surface area contributed by atoms with Crippen molar-refractivity contribution in [1.82, 2.24) is 0 Å². The first-order valence-corrected chi connectivity index (χ1v) is 5.87. The van der Waals surface area contributed by atoms with Gasteiger partial charge in [0.25, 0.3) is 0 Å². The van der Waals surface area contributed by atoms with E-state index in [4.69, 9.17) is 0 Å². The van der Waals surface area contributed by atoms with Gasteiger partial charge in [-0.25, -0.2) is 4.79 Å². The molecule has 4 heteroatoms. The SMILES string of the molecule is C/C=C/C=C/C(=O)Nc1cc(C(=O)OC)ccc1C. The van der Waals surface area contributed by atoms with Crippen molar-refractivity contribution in [2.45, 2.75) is 13.8 Å². The Labute approximate surface area is 112 Å². The van der Waals surface area contributed by atoms with Crippen molar-refractivity contribution >= 4 is 17.6 Å². The first-order valence-electron chi connectivity index (χ1n) is 5.87. The molecule has 0 aliphatic heterocycles. The van der Waals surface area contributed by atoms with E-state index in [1.807, 2.05) is 19.9 Å². The molecule has 0 fully saturated rings. The Kier molecular flexibility index (Phi) is 5.54. The van der Waals surface area contributed by atoms with Crippen LogP contribution in [0, 0.1) is 6.92 Å². The van der Waals surface area contributed by atoms with Crippen LogP contribution in [0.3, 0.4) is 0 Å². The second-order valence-electron chi connectivity index (χ2n) is 3.90. The number of rotatable bonds is 4. The minimum atomic E-state index is -0.431. The van der Waals surface area contributed by atoms with Crippen LogP contribution in [0.1, 0.15) is 22.8 Å². The molecular formula is C15H17NO3. The van der Waals surface area contributed by atoms with E-state index >= 15 is 0 Å². The Hall–Kier alpha value is -2.36. The molecule has 1 rings (SSSR count). The maximum absolute atomic E-state index is 11.6. The lowest BCUT2D eigenvalue weighted by atomic mass is 10.1. The fourth-order valence-electron chi connectivity index (χ4n) is 1.43. The summed E-state index contributed by atoms with van der Waals surface area (Å²) in [4.78, 5) is 23.1. The Bertz CT molecular complexity index is 530. The van der Waals surface area contributed by atoms with E-state index in [1.165, 1.54) is 13.2 Å². The van der Waals surface area contributed by atoms with Crippen LogP contribution in [0.15, 0.2) is 42.5 Å². The van der Waals surface area contributed by atoms with E-state index in [1.54, 1.807) is 30.4 Å². The summed E-state index contributed by atoms with van der Waals surface area (Å²) in [5.74, 6) is -0.678. The Morgan fingerprint density at radius 1 is 1.26 bits per heavy atom. The lowest BCUT2D eigenvalue weighted by Crippen LogP contribution is -2.10. The average molecular weight is 259 g/mol. The predicted molar refractivity (Wildman–Crippen MR) is 75.1 cm³/mol. The van der Waals surface area contributed by atoms with Crippen LogP contribution in [-0.2, 0) is 9.53 Å². The molecule has 1 aromatic carbocycles. The van der Waals surface area contributed by atoms with Gasteiger partial charge in [0.1, 0.15) is 0 Å². The molecule has 0 radical (unpaired) electrons. The summed E-state index contributed by atoms with van der Waals surface area (Å²) < 4.78 is 4.64. The zero-order valence-corrected chi connectivity index (χ0v) is 11.3. The number of amides is 1. The maximum atomic E-state index is 11.6. The van der Waals surface area contributed by atoms with Gasteiger partial charge in [-0.05, 0) is 31.5 Å². The highest BCUT2D eigenvalue weighted by atomic mass is 16.5. The highest BCUT2D eigenvalue weighted by Crippen LogP contribution is 2.17. The average Bonchev–Trinajstić information content (AvgIpc) is 2.40. The number of carbonyl (C=O) groups excluding carboxylic acids is 2. The number of ether oxygens (including phenoxy) is 1. The lowest BCUT2D eigenvalue weighted by molar-refractivity contribution is -0.111. The van der Waals surface area contributed by atoms with Gasteiger partial charge in [0.2, 0.25) is 5.91 Å². The molecule has 19 heavy (non-hydrogen) atoms. The van der Waals surface area contributed by atoms with Gasteiger partial charge in [-0.1, -0.05) is 24.3 Å². The molecule has 0 aromatic heterocycles. The molecule has 1 aromatic rings. The van der Waals surface area contributed by atoms with Gasteiger partial charge in [-0.15, -0.1) is 0 Å². The van der Waals surface area contributed by atoms with Crippen LogP contribution in [0.2, 0.25) is 0 Å². The van der Waals surface area contributed by atoms with Crippen LogP contribution in [0.25, 0.3) is 0 Å². The number of hydrogen-bond acceptors (Lipinski definition) is 3. The molecule has 0 saturated heterocycles. The van der Waals surface area contributed by atoms with E-state index in [9.17, 15) is 9.59 Å². The van der Waals surface area contributed by atoms with Crippen molar-refractivity contribution < 1.29 is 14.3 Å². The van der Waals surface area contributed by atoms with Crippen molar-refractivity contribution in [2.24, 2.45) is 0 Å². The predicted octanol–water partition coefficient (Wildman–Crippen LogP) is 2.85. The third-order valence-electron chi connectivity index (χ3n) is 2.47. The summed E-state index contributed by atoms with van der Waals surface area (Å²) in [6.45, 7) is 3.72. The van der Waals surface area contributed by atoms with Crippen LogP contribution in [-0.4, -0.2) is 19.0 Å². The molecule has 0 unspecified atom stereocenters. The smallest absolute Gasteiger partial charge is 0.337 e. The van der Waals surface area contributed by atoms with Gasteiger partial charge < -0.3 is 10.1 Å². The van der Waals surface area contributed by atoms with Crippen LogP contribution in [0.4, 0.5) is 5.69 Å². The molecule has 0 heterocycles. The van der Waals surface area contributed by atoms with Crippen LogP contribution in [0.5, 0.6) is 0 Å². The molecule has 0 aliphatic carbocycles. The third kappa shape index (κ3) is 4.43. The largest absolute Gasteiger partial charge is 0.465 e. The van der Waals surface area contributed by atoms with Gasteiger partial charge in [0.05, 0.1) is 12.7 Å². The topological polar surface area (TPSA) is 55.4 Å². The number of methoxy groups -OCH3 is 1. The molecule has 0 spiro atoms. The molecule has 100 valence electrons. The summed E-state index contributed by atoms with van der Waals surface area (Å²) in [5, 5.41) is 2.72. The highest BCUT2D eigenvalue weighted by molar-refractivity contribution is 6.01. The molecule has 4 nitrogen and oxygen atoms in total. The maximum Gasteiger partial charge on any atom is 0.337 e. The highest BCUT2D eigenvalue weighted by Gasteiger charge is 2.08. The van der Waals surface area contributed by atoms with Gasteiger partial charge in [-0.2, -0.15) is 0 Å². The van der Waals surface area contributed by atoms with Crippen LogP contribution >= 0.6 is 0 Å². The lowest BCUT2D eigenvalue weighted by Gasteiger charge is -2.08. The van der Waals surface area contributed by atoms with Gasteiger partial charge >= 0.3 is 5.97 Å². The molecular weight excluding hydrogens is 242 g/mol. The number of carbonyl (C=O) groups is 2. The van der Waals surface area contributed by atoms with E-state index in [0.717, 1.165) is 5.56 Å². The van der Waals surface area contributed by atoms with Gasteiger partial charge in [-0.3, -0.25) is 4.79 Å². The normalized spacial score (nSPS) is 10.9. The quantitative estimate of drug-likeness (QED) is 0.514. The van der Waals surface area contributed by atoms with Crippen molar-refractivity contribution in [3.63, 3.8) is 0 Å². The van der Waals surface area contributed by atoms with Crippen molar-refractivity contribution in [3.05, 3.63) is 53.6 Å². The second-order valence-corrected chi connectivity index (χ2v) is 3.90. The number of aryl methyl sites for hydroxylation is 1. The number of anilines is 1. The fraction of sp³-hybridized carbons (Fsp3) is 0.200. The Morgan fingerprint density at radius 2 is 2.00 bits per heavy atom. The van der Waals surface area contributed by atoms with Gasteiger partial charge in [0.15, 0.2) is 0 Å². The Balaban J connectivity index is 2.88. The van der Waals surface area contributed by atoms with Crippen molar-refractivity contribution in [3.8, 4) is 0 Å². The van der Waals surface area contributed by atoms with Crippen LogP contribution < -0.4 is 5.32 Å². The molecule has 1 N–H and O–H groups in total. The monoisotopic (exact) mass is 259 g/mol. The molecule has 0 saturated carbocycles. The minimum Gasteiger partial charge on any atom is -0.465 e. The first-order chi connectivity index (χ1) is 9.08.